The number of carbonyl (C=O) groups excluding carboxylic acids is 1. The first-order valence-corrected chi connectivity index (χ1v) is 12.1. The molecular weight excluding hydrogens is 504 g/mol. The van der Waals surface area contributed by atoms with Gasteiger partial charge < -0.3 is 9.50 Å². The molecule has 3 rings (SSSR count). The molecule has 1 N–H and O–H groups in total. The second kappa shape index (κ2) is 10.0. The van der Waals surface area contributed by atoms with Crippen molar-refractivity contribution in [3.63, 3.8) is 0 Å². The van der Waals surface area contributed by atoms with Gasteiger partial charge in [-0.3, -0.25) is 4.79 Å². The van der Waals surface area contributed by atoms with Crippen molar-refractivity contribution < 1.29 is 17.4 Å². The summed E-state index contributed by atoms with van der Waals surface area (Å²) in [5.41, 5.74) is 3.93. The fourth-order valence-corrected chi connectivity index (χ4v) is 4.47. The Morgan fingerprint density at radius 2 is 1.76 bits per heavy atom. The predicted molar refractivity (Wildman–Crippen MR) is 131 cm³/mol. The van der Waals surface area contributed by atoms with E-state index in [1.165, 1.54) is 24.3 Å². The van der Waals surface area contributed by atoms with Crippen molar-refractivity contribution in [1.29, 1.82) is 5.26 Å². The number of carbonyl (C=O) groups is 1. The summed E-state index contributed by atoms with van der Waals surface area (Å²) in [4.78, 5) is 12.7. The summed E-state index contributed by atoms with van der Waals surface area (Å²) >= 11 is 3.30. The first kappa shape index (κ1) is 24.2. The lowest BCUT2D eigenvalue weighted by atomic mass is 10.1. The van der Waals surface area contributed by atoms with Crippen LogP contribution in [0, 0.1) is 32.1 Å². The Morgan fingerprint density at radius 3 is 2.39 bits per heavy atom. The molecule has 1 amide bonds. The maximum absolute atomic E-state index is 12.6. The molecule has 168 valence electrons. The van der Waals surface area contributed by atoms with Gasteiger partial charge in [0, 0.05) is 5.69 Å². The molecule has 8 heteroatoms. The minimum Gasteiger partial charge on any atom is -0.378 e. The van der Waals surface area contributed by atoms with Crippen LogP contribution < -0.4 is 9.50 Å². The average Bonchev–Trinajstić information content (AvgIpc) is 2.77. The van der Waals surface area contributed by atoms with Gasteiger partial charge in [0.2, 0.25) is 0 Å². The average molecular weight is 525 g/mol. The molecule has 0 spiro atoms. The van der Waals surface area contributed by atoms with Crippen LogP contribution in [0.3, 0.4) is 0 Å². The summed E-state index contributed by atoms with van der Waals surface area (Å²) in [5, 5.41) is 12.2. The van der Waals surface area contributed by atoms with Crippen LogP contribution in [0.4, 0.5) is 5.69 Å². The summed E-state index contributed by atoms with van der Waals surface area (Å²) in [6.07, 6.45) is 1.42. The molecule has 0 bridgehead atoms. The van der Waals surface area contributed by atoms with E-state index in [0.29, 0.717) is 15.7 Å². The molecule has 6 nitrogen and oxygen atoms in total. The Morgan fingerprint density at radius 1 is 1.06 bits per heavy atom. The van der Waals surface area contributed by atoms with Crippen LogP contribution in [0.1, 0.15) is 22.3 Å². The third kappa shape index (κ3) is 5.89. The highest BCUT2D eigenvalue weighted by atomic mass is 79.9. The third-order valence-corrected chi connectivity index (χ3v) is 6.86. The van der Waals surface area contributed by atoms with Crippen molar-refractivity contribution in [2.45, 2.75) is 25.7 Å². The van der Waals surface area contributed by atoms with Gasteiger partial charge in [-0.2, -0.15) is 13.7 Å². The van der Waals surface area contributed by atoms with Crippen LogP contribution in [0.2, 0.25) is 0 Å². The minimum atomic E-state index is -4.01. The maximum atomic E-state index is 12.6. The van der Waals surface area contributed by atoms with Gasteiger partial charge in [-0.1, -0.05) is 35.9 Å². The van der Waals surface area contributed by atoms with Gasteiger partial charge in [-0.15, -0.1) is 0 Å². The Labute approximate surface area is 201 Å². The van der Waals surface area contributed by atoms with E-state index in [0.717, 1.165) is 16.7 Å². The minimum absolute atomic E-state index is 0.0406. The van der Waals surface area contributed by atoms with Crippen molar-refractivity contribution in [2.24, 2.45) is 0 Å². The Bertz CT molecular complexity index is 1390. The Kier molecular flexibility index (Phi) is 7.36. The Hall–Kier alpha value is -3.41. The van der Waals surface area contributed by atoms with E-state index in [1.807, 2.05) is 39.0 Å². The number of nitrogens with zero attached hydrogens (tertiary/aromatic N) is 1. The van der Waals surface area contributed by atoms with Gasteiger partial charge in [0.15, 0.2) is 5.75 Å². The zero-order valence-electron chi connectivity index (χ0n) is 18.2. The zero-order valence-corrected chi connectivity index (χ0v) is 20.6. The molecule has 0 saturated carbocycles. The fourth-order valence-electron chi connectivity index (χ4n) is 2.94. The molecule has 0 aliphatic rings. The molecule has 0 heterocycles. The van der Waals surface area contributed by atoms with Crippen molar-refractivity contribution in [1.82, 2.24) is 0 Å². The monoisotopic (exact) mass is 524 g/mol. The number of hydrogen-bond acceptors (Lipinski definition) is 5. The van der Waals surface area contributed by atoms with Gasteiger partial charge >= 0.3 is 10.1 Å². The summed E-state index contributed by atoms with van der Waals surface area (Å²) < 4.78 is 30.7. The van der Waals surface area contributed by atoms with Crippen molar-refractivity contribution in [2.75, 3.05) is 5.32 Å². The van der Waals surface area contributed by atoms with Gasteiger partial charge in [0.05, 0.1) is 4.47 Å². The highest BCUT2D eigenvalue weighted by molar-refractivity contribution is 9.10. The zero-order chi connectivity index (χ0) is 24.2. The standard InChI is InChI=1S/C25H21BrN2O4S/c1-16-7-10-21(11-8-16)33(30,31)32-24-12-9-19(14-22(24)26)13-20(15-27)25(29)28-23-6-4-5-17(2)18(23)3/h4-14H,1-3H3,(H,28,29)/b20-13+. The molecule has 33 heavy (non-hydrogen) atoms. The molecule has 0 atom stereocenters. The number of benzene rings is 3. The van der Waals surface area contributed by atoms with E-state index < -0.39 is 16.0 Å². The molecule has 0 saturated heterocycles. The second-order valence-electron chi connectivity index (χ2n) is 7.41. The Balaban J connectivity index is 1.81. The lowest BCUT2D eigenvalue weighted by molar-refractivity contribution is -0.112. The van der Waals surface area contributed by atoms with Crippen LogP contribution in [0.15, 0.2) is 75.6 Å². The summed E-state index contributed by atoms with van der Waals surface area (Å²) in [6.45, 7) is 5.69. The van der Waals surface area contributed by atoms with E-state index in [9.17, 15) is 18.5 Å². The second-order valence-corrected chi connectivity index (χ2v) is 9.81. The van der Waals surface area contributed by atoms with Gasteiger partial charge in [-0.25, -0.2) is 0 Å². The van der Waals surface area contributed by atoms with E-state index in [-0.39, 0.29) is 16.2 Å². The van der Waals surface area contributed by atoms with E-state index in [2.05, 4.69) is 21.2 Å². The van der Waals surface area contributed by atoms with Crippen LogP contribution >= 0.6 is 15.9 Å². The van der Waals surface area contributed by atoms with Crippen LogP contribution in [0.25, 0.3) is 6.08 Å². The summed E-state index contributed by atoms with van der Waals surface area (Å²) in [5.74, 6) is -0.448. The molecule has 0 aromatic heterocycles. The number of anilines is 1. The van der Waals surface area contributed by atoms with E-state index in [1.54, 1.807) is 30.3 Å². The van der Waals surface area contributed by atoms with E-state index >= 15 is 0 Å². The number of amides is 1. The first-order chi connectivity index (χ1) is 15.6. The molecule has 0 aliphatic carbocycles. The van der Waals surface area contributed by atoms with Crippen molar-refractivity contribution >= 4 is 43.7 Å². The lowest BCUT2D eigenvalue weighted by Crippen LogP contribution is -2.14. The number of nitriles is 1. The predicted octanol–water partition coefficient (Wildman–Crippen LogP) is 5.69. The largest absolute Gasteiger partial charge is 0.378 e. The first-order valence-electron chi connectivity index (χ1n) is 9.91. The number of aryl methyl sites for hydroxylation is 2. The molecular formula is C25H21BrN2O4S. The molecule has 0 fully saturated rings. The van der Waals surface area contributed by atoms with Crippen LogP contribution in [-0.4, -0.2) is 14.3 Å². The lowest BCUT2D eigenvalue weighted by Gasteiger charge is -2.11. The number of hydrogen-bond donors (Lipinski definition) is 1. The highest BCUT2D eigenvalue weighted by Gasteiger charge is 2.18. The van der Waals surface area contributed by atoms with Crippen molar-refractivity contribution in [3.05, 3.63) is 93.0 Å². The number of halogens is 1. The maximum Gasteiger partial charge on any atom is 0.339 e. The van der Waals surface area contributed by atoms with E-state index in [4.69, 9.17) is 4.18 Å². The fraction of sp³-hybridized carbons (Fsp3) is 0.120. The van der Waals surface area contributed by atoms with Crippen LogP contribution in [0.5, 0.6) is 5.75 Å². The van der Waals surface area contributed by atoms with Gasteiger partial charge in [-0.05, 0) is 89.8 Å². The summed E-state index contributed by atoms with van der Waals surface area (Å²) in [6, 6.07) is 18.4. The quantitative estimate of drug-likeness (QED) is 0.254. The van der Waals surface area contributed by atoms with Gasteiger partial charge in [0.1, 0.15) is 16.5 Å². The molecule has 3 aromatic carbocycles. The number of nitrogens with one attached hydrogen (secondary N) is 1. The normalized spacial score (nSPS) is 11.5. The molecule has 0 radical (unpaired) electrons. The number of rotatable bonds is 6. The third-order valence-electron chi connectivity index (χ3n) is 4.99. The van der Waals surface area contributed by atoms with Crippen LogP contribution in [-0.2, 0) is 14.9 Å². The van der Waals surface area contributed by atoms with Crippen molar-refractivity contribution in [3.8, 4) is 11.8 Å². The molecule has 0 unspecified atom stereocenters. The van der Waals surface area contributed by atoms with Gasteiger partial charge in [0.25, 0.3) is 5.91 Å². The summed E-state index contributed by atoms with van der Waals surface area (Å²) in [7, 11) is -4.01. The molecule has 0 aliphatic heterocycles. The topological polar surface area (TPSA) is 96.3 Å². The molecule has 3 aromatic rings. The highest BCUT2D eigenvalue weighted by Crippen LogP contribution is 2.30. The smallest absolute Gasteiger partial charge is 0.339 e. The SMILES string of the molecule is Cc1ccc(S(=O)(=O)Oc2ccc(/C=C(\C#N)C(=O)Nc3cccc(C)c3C)cc2Br)cc1.